The summed E-state index contributed by atoms with van der Waals surface area (Å²) in [7, 11) is -2.54. The van der Waals surface area contributed by atoms with Crippen LogP contribution in [-0.4, -0.2) is 55.2 Å². The van der Waals surface area contributed by atoms with E-state index >= 15 is 0 Å². The van der Waals surface area contributed by atoms with Crippen molar-refractivity contribution in [2.24, 2.45) is 0 Å². The summed E-state index contributed by atoms with van der Waals surface area (Å²) < 4.78 is 33.5. The lowest BCUT2D eigenvalue weighted by atomic mass is 10.1. The van der Waals surface area contributed by atoms with Crippen molar-refractivity contribution in [2.75, 3.05) is 26.7 Å². The highest BCUT2D eigenvalue weighted by Gasteiger charge is 2.36. The Labute approximate surface area is 156 Å². The van der Waals surface area contributed by atoms with Crippen LogP contribution in [0.1, 0.15) is 11.6 Å². The third-order valence-corrected chi connectivity index (χ3v) is 6.40. The van der Waals surface area contributed by atoms with Crippen LogP contribution in [-0.2, 0) is 26.1 Å². The lowest BCUT2D eigenvalue weighted by Gasteiger charge is -2.35. The summed E-state index contributed by atoms with van der Waals surface area (Å²) in [6.45, 7) is 1.15. The molecule has 8 nitrogen and oxygen atoms in total. The van der Waals surface area contributed by atoms with Crippen molar-refractivity contribution in [1.29, 1.82) is 0 Å². The van der Waals surface area contributed by atoms with Crippen LogP contribution in [0.15, 0.2) is 41.6 Å². The van der Waals surface area contributed by atoms with Gasteiger partial charge in [0, 0.05) is 30.9 Å². The average Bonchev–Trinajstić information content (AvgIpc) is 3.11. The molecule has 0 aliphatic carbocycles. The van der Waals surface area contributed by atoms with Gasteiger partial charge in [0.15, 0.2) is 0 Å². The first-order valence-corrected chi connectivity index (χ1v) is 9.81. The Morgan fingerprint density at radius 1 is 1.42 bits per heavy atom. The van der Waals surface area contributed by atoms with Crippen LogP contribution in [0.3, 0.4) is 0 Å². The fraction of sp³-hybridized carbons (Fsp3) is 0.375. The highest BCUT2D eigenvalue weighted by Crippen LogP contribution is 2.32. The topological polar surface area (TPSA) is 93.5 Å². The highest BCUT2D eigenvalue weighted by molar-refractivity contribution is 7.89. The van der Waals surface area contributed by atoms with E-state index in [-0.39, 0.29) is 11.4 Å². The Balaban J connectivity index is 1.91. The fourth-order valence-electron chi connectivity index (χ4n) is 2.88. The molecule has 0 radical (unpaired) electrons. The van der Waals surface area contributed by atoms with Gasteiger partial charge in [-0.15, -0.1) is 0 Å². The summed E-state index contributed by atoms with van der Waals surface area (Å²) in [4.78, 5) is 11.4. The first kappa shape index (κ1) is 18.8. The Kier molecular flexibility index (Phi) is 5.61. The quantitative estimate of drug-likeness (QED) is 0.756. The molecule has 2 heterocycles. The average molecular weight is 399 g/mol. The lowest BCUT2D eigenvalue weighted by Crippen LogP contribution is -2.48. The maximum Gasteiger partial charge on any atom is 0.327 e. The molecule has 1 saturated heterocycles. The number of piperazine rings is 1. The van der Waals surface area contributed by atoms with Crippen molar-refractivity contribution in [1.82, 2.24) is 19.4 Å². The van der Waals surface area contributed by atoms with Crippen LogP contribution in [0.25, 0.3) is 0 Å². The van der Waals surface area contributed by atoms with Gasteiger partial charge in [0.25, 0.3) is 0 Å². The Morgan fingerprint density at radius 3 is 2.92 bits per heavy atom. The number of methoxy groups -OCH3 is 1. The van der Waals surface area contributed by atoms with Gasteiger partial charge in [-0.3, -0.25) is 9.48 Å². The van der Waals surface area contributed by atoms with E-state index in [9.17, 15) is 13.2 Å². The van der Waals surface area contributed by atoms with E-state index in [2.05, 4.69) is 15.2 Å². The molecule has 26 heavy (non-hydrogen) atoms. The molecule has 1 aromatic carbocycles. The van der Waals surface area contributed by atoms with E-state index in [1.54, 1.807) is 12.1 Å². The minimum absolute atomic E-state index is 0.0281. The molecule has 1 aromatic heterocycles. The molecule has 1 fully saturated rings. The number of nitrogens with one attached hydrogen (secondary N) is 1. The molecule has 3 rings (SSSR count). The van der Waals surface area contributed by atoms with E-state index in [1.165, 1.54) is 28.5 Å². The number of ether oxygens (including phenoxy) is 1. The zero-order valence-corrected chi connectivity index (χ0v) is 15.7. The van der Waals surface area contributed by atoms with Crippen LogP contribution in [0.4, 0.5) is 0 Å². The van der Waals surface area contributed by atoms with E-state index in [1.807, 2.05) is 12.1 Å². The van der Waals surface area contributed by atoms with Gasteiger partial charge in [0.05, 0.1) is 19.3 Å². The van der Waals surface area contributed by atoms with Crippen LogP contribution in [0, 0.1) is 0 Å². The molecule has 1 unspecified atom stereocenters. The number of nitrogens with zero attached hydrogens (tertiary/aromatic N) is 3. The Hall–Kier alpha value is -1.94. The predicted molar refractivity (Wildman–Crippen MR) is 95.2 cm³/mol. The van der Waals surface area contributed by atoms with Crippen molar-refractivity contribution in [2.45, 2.75) is 17.5 Å². The molecular weight excluding hydrogens is 380 g/mol. The maximum atomic E-state index is 13.1. The van der Waals surface area contributed by atoms with Gasteiger partial charge in [0.1, 0.15) is 11.4 Å². The fourth-order valence-corrected chi connectivity index (χ4v) is 4.70. The largest absolute Gasteiger partial charge is 0.468 e. The second kappa shape index (κ2) is 7.75. The minimum atomic E-state index is -3.80. The summed E-state index contributed by atoms with van der Waals surface area (Å²) in [5, 5.41) is 7.67. The van der Waals surface area contributed by atoms with Crippen molar-refractivity contribution in [3.05, 3.63) is 47.2 Å². The van der Waals surface area contributed by atoms with Gasteiger partial charge in [-0.25, -0.2) is 8.42 Å². The summed E-state index contributed by atoms with van der Waals surface area (Å²) in [6.07, 6.45) is 2.57. The standard InChI is InChI=1S/C16H19ClN4O4S/c1-25-16(22)11-20-10-12(8-19-20)26(23,24)21-7-6-18-9-15(21)13-4-2-3-5-14(13)17/h2-5,8,10,15,18H,6-7,9,11H2,1H3. The number of hydrogen-bond acceptors (Lipinski definition) is 6. The number of carbonyl (C=O) groups excluding carboxylic acids is 1. The number of sulfonamides is 1. The molecule has 0 spiro atoms. The van der Waals surface area contributed by atoms with E-state index in [0.717, 1.165) is 5.56 Å². The zero-order valence-electron chi connectivity index (χ0n) is 14.1. The van der Waals surface area contributed by atoms with E-state index in [4.69, 9.17) is 11.6 Å². The number of esters is 1. The number of benzene rings is 1. The normalized spacial score (nSPS) is 18.6. The van der Waals surface area contributed by atoms with Crippen LogP contribution < -0.4 is 5.32 Å². The third-order valence-electron chi connectivity index (χ3n) is 4.19. The molecule has 0 saturated carbocycles. The second-order valence-corrected chi connectivity index (χ2v) is 8.10. The van der Waals surface area contributed by atoms with Gasteiger partial charge < -0.3 is 10.1 Å². The Bertz CT molecular complexity index is 899. The van der Waals surface area contributed by atoms with Gasteiger partial charge in [-0.05, 0) is 11.6 Å². The number of rotatable bonds is 5. The van der Waals surface area contributed by atoms with E-state index in [0.29, 0.717) is 24.7 Å². The molecule has 10 heteroatoms. The molecule has 0 bridgehead atoms. The molecule has 140 valence electrons. The number of carbonyl (C=O) groups is 1. The predicted octanol–water partition coefficient (Wildman–Crippen LogP) is 1.04. The second-order valence-electron chi connectivity index (χ2n) is 5.81. The molecule has 0 amide bonds. The SMILES string of the molecule is COC(=O)Cn1cc(S(=O)(=O)N2CCNCC2c2ccccc2Cl)cn1. The molecule has 1 aliphatic rings. The van der Waals surface area contributed by atoms with E-state index < -0.39 is 22.0 Å². The maximum absolute atomic E-state index is 13.1. The summed E-state index contributed by atoms with van der Waals surface area (Å²) in [6, 6.07) is 6.77. The molecule has 2 aromatic rings. The minimum Gasteiger partial charge on any atom is -0.468 e. The van der Waals surface area contributed by atoms with Crippen LogP contribution >= 0.6 is 11.6 Å². The lowest BCUT2D eigenvalue weighted by molar-refractivity contribution is -0.141. The monoisotopic (exact) mass is 398 g/mol. The van der Waals surface area contributed by atoms with Crippen LogP contribution in [0.2, 0.25) is 5.02 Å². The number of aromatic nitrogens is 2. The van der Waals surface area contributed by atoms with Gasteiger partial charge in [-0.2, -0.15) is 9.40 Å². The molecule has 1 N–H and O–H groups in total. The number of hydrogen-bond donors (Lipinski definition) is 1. The molecule has 1 aliphatic heterocycles. The zero-order chi connectivity index (χ0) is 18.7. The van der Waals surface area contributed by atoms with Crippen molar-refractivity contribution in [3.8, 4) is 0 Å². The molecular formula is C16H19ClN4O4S. The van der Waals surface area contributed by atoms with Gasteiger partial charge in [0.2, 0.25) is 10.0 Å². The van der Waals surface area contributed by atoms with Crippen molar-refractivity contribution in [3.63, 3.8) is 0 Å². The first-order valence-electron chi connectivity index (χ1n) is 7.99. The van der Waals surface area contributed by atoms with Crippen molar-refractivity contribution < 1.29 is 17.9 Å². The summed E-state index contributed by atoms with van der Waals surface area (Å²) >= 11 is 6.28. The van der Waals surface area contributed by atoms with Crippen LogP contribution in [0.5, 0.6) is 0 Å². The van der Waals surface area contributed by atoms with Gasteiger partial charge in [-0.1, -0.05) is 29.8 Å². The van der Waals surface area contributed by atoms with Gasteiger partial charge >= 0.3 is 5.97 Å². The van der Waals surface area contributed by atoms with Crippen molar-refractivity contribution >= 4 is 27.6 Å². The smallest absolute Gasteiger partial charge is 0.327 e. The third kappa shape index (κ3) is 3.75. The first-order chi connectivity index (χ1) is 12.4. The Morgan fingerprint density at radius 2 is 2.19 bits per heavy atom. The summed E-state index contributed by atoms with van der Waals surface area (Å²) in [5.74, 6) is -0.506. The molecule has 1 atom stereocenters. The highest BCUT2D eigenvalue weighted by atomic mass is 35.5. The number of halogens is 1. The summed E-state index contributed by atoms with van der Waals surface area (Å²) in [5.41, 5.74) is 0.742.